The van der Waals surface area contributed by atoms with Crippen LogP contribution in [0, 0.1) is 68.8 Å². The van der Waals surface area contributed by atoms with Crippen LogP contribution in [-0.2, 0) is 20.1 Å². The summed E-state index contributed by atoms with van der Waals surface area (Å²) in [5.41, 5.74) is 8.38. The number of hydrogen-bond donors (Lipinski definition) is 0. The number of pyridine rings is 1. The molecule has 325 valence electrons. The number of benzene rings is 6. The zero-order chi connectivity index (χ0) is 44.6. The first-order valence-corrected chi connectivity index (χ1v) is 20.0. The van der Waals surface area contributed by atoms with Gasteiger partial charge in [0.05, 0.1) is 34.2 Å². The Hall–Kier alpha value is -7.60. The number of halogens is 4. The van der Waals surface area contributed by atoms with Crippen LogP contribution in [0.25, 0.3) is 56.8 Å². The molecule has 0 saturated carbocycles. The molecule has 4 heterocycles. The van der Waals surface area contributed by atoms with Gasteiger partial charge in [0, 0.05) is 49.5 Å². The largest absolute Gasteiger partial charge is 0.421 e. The predicted octanol–water partition coefficient (Wildman–Crippen LogP) is 10.0. The molecule has 0 amide bonds. The molecular formula is C52H37F4IrN8-3. The topological polar surface area (TPSA) is 70.4 Å². The minimum atomic E-state index is -0.367. The van der Waals surface area contributed by atoms with Crippen molar-refractivity contribution in [3.63, 3.8) is 0 Å². The molecule has 13 heteroatoms. The van der Waals surface area contributed by atoms with Crippen molar-refractivity contribution in [1.82, 2.24) is 29.3 Å². The minimum Gasteiger partial charge on any atom is -0.421 e. The average molecular weight is 1040 g/mol. The van der Waals surface area contributed by atoms with Crippen LogP contribution >= 0.6 is 0 Å². The molecule has 4 aromatic heterocycles. The van der Waals surface area contributed by atoms with Gasteiger partial charge in [-0.05, 0) is 97.6 Å². The van der Waals surface area contributed by atoms with E-state index in [4.69, 9.17) is 0 Å². The molecule has 0 aliphatic rings. The van der Waals surface area contributed by atoms with Gasteiger partial charge in [-0.3, -0.25) is 19.2 Å². The standard InChI is InChI=1S/C27H17F2N2.C17H13F2N2.C8H7N4.Ir/c28-22-13-7-15-24(17-22)30-19-31(25-16-8-14-23(29)18-25)27(21-11-5-2-6-12-21)26(30)20-9-3-1-4-10-20;1-12-13(2)21(17-8-4-6-15(19)10-17)11-20(12)16-7-3-5-14(18)9-16;1-6-10-8(12-11-6)7-4-2-3-5-9-7;/h1-15,17-18H;3-7,9-10H,1-2H3;2-5H,1H3;/q3*-1;. The Morgan fingerprint density at radius 3 is 1.63 bits per heavy atom. The first kappa shape index (κ1) is 45.4. The molecule has 10 aromatic rings. The van der Waals surface area contributed by atoms with Crippen LogP contribution in [0.3, 0.4) is 0 Å². The van der Waals surface area contributed by atoms with E-state index in [1.54, 1.807) is 55.7 Å². The number of nitrogens with zero attached hydrogens (tertiary/aromatic N) is 8. The van der Waals surface area contributed by atoms with E-state index < -0.39 is 0 Å². The summed E-state index contributed by atoms with van der Waals surface area (Å²) in [7, 11) is 0. The molecule has 0 spiro atoms. The SMILES string of the molecule is Cc1c(C)[n+](-c2cccc(F)c2)[c-]n1-c1[c-]ccc(F)c1.Cc1n[n-]c(-c2ccccn2)n1.Fc1cc[c-]c(-n2[c-][n+](-c3cccc(F)c3)c(-c3ccccc3)c2-c2ccccc2)c1.[Ir]. The summed E-state index contributed by atoms with van der Waals surface area (Å²) in [5, 5.41) is 7.65. The monoisotopic (exact) mass is 1040 g/mol. The third-order valence-electron chi connectivity index (χ3n) is 9.92. The van der Waals surface area contributed by atoms with Crippen molar-refractivity contribution in [2.45, 2.75) is 20.8 Å². The Labute approximate surface area is 387 Å². The third kappa shape index (κ3) is 10.6. The molecular weight excluding hydrogens is 1000 g/mol. The number of aryl methyl sites for hydroxylation is 1. The van der Waals surface area contributed by atoms with E-state index in [1.165, 1.54) is 54.6 Å². The molecule has 0 aliphatic carbocycles. The summed E-state index contributed by atoms with van der Waals surface area (Å²) in [5.74, 6) is -0.0864. The van der Waals surface area contributed by atoms with Gasteiger partial charge in [0.1, 0.15) is 11.6 Å². The van der Waals surface area contributed by atoms with Crippen LogP contribution < -0.4 is 14.2 Å². The van der Waals surface area contributed by atoms with Gasteiger partial charge in [-0.25, -0.2) is 17.6 Å². The van der Waals surface area contributed by atoms with E-state index in [0.717, 1.165) is 39.6 Å². The van der Waals surface area contributed by atoms with Crippen molar-refractivity contribution in [2.24, 2.45) is 0 Å². The molecule has 8 nitrogen and oxygen atoms in total. The van der Waals surface area contributed by atoms with Gasteiger partial charge >= 0.3 is 0 Å². The fraction of sp³-hybridized carbons (Fsp3) is 0.0577. The van der Waals surface area contributed by atoms with E-state index >= 15 is 0 Å². The van der Waals surface area contributed by atoms with E-state index in [9.17, 15) is 17.6 Å². The molecule has 10 rings (SSSR count). The van der Waals surface area contributed by atoms with Crippen molar-refractivity contribution in [3.8, 4) is 56.8 Å². The van der Waals surface area contributed by atoms with Crippen molar-refractivity contribution in [3.05, 3.63) is 235 Å². The molecule has 0 saturated heterocycles. The fourth-order valence-electron chi connectivity index (χ4n) is 6.82. The molecule has 6 aromatic carbocycles. The number of imidazole rings is 2. The van der Waals surface area contributed by atoms with Gasteiger partial charge in [0.15, 0.2) is 0 Å². The van der Waals surface area contributed by atoms with Crippen LogP contribution in [0.4, 0.5) is 17.6 Å². The Bertz CT molecular complexity index is 2980. The van der Waals surface area contributed by atoms with Crippen molar-refractivity contribution < 1.29 is 46.8 Å². The summed E-state index contributed by atoms with van der Waals surface area (Å²) >= 11 is 0. The van der Waals surface area contributed by atoms with Crippen LogP contribution in [0.5, 0.6) is 0 Å². The maximum atomic E-state index is 14.1. The van der Waals surface area contributed by atoms with E-state index in [-0.39, 0.29) is 43.4 Å². The predicted molar refractivity (Wildman–Crippen MR) is 233 cm³/mol. The van der Waals surface area contributed by atoms with Gasteiger partial charge in [-0.1, -0.05) is 78.9 Å². The minimum absolute atomic E-state index is 0. The van der Waals surface area contributed by atoms with Gasteiger partial charge < -0.3 is 19.2 Å². The van der Waals surface area contributed by atoms with Crippen LogP contribution in [-0.4, -0.2) is 24.2 Å². The summed E-state index contributed by atoms with van der Waals surface area (Å²) in [6, 6.07) is 52.5. The first-order valence-electron chi connectivity index (χ1n) is 20.0. The van der Waals surface area contributed by atoms with Crippen LogP contribution in [0.1, 0.15) is 17.2 Å². The normalized spacial score (nSPS) is 10.6. The van der Waals surface area contributed by atoms with E-state index in [2.05, 4.69) is 45.0 Å². The zero-order valence-electron chi connectivity index (χ0n) is 35.1. The number of hydrogen-bond acceptors (Lipinski definition) is 3. The molecule has 0 N–H and O–H groups in total. The Kier molecular flexibility index (Phi) is 14.5. The molecule has 0 aliphatic heterocycles. The maximum absolute atomic E-state index is 14.1. The summed E-state index contributed by atoms with van der Waals surface area (Å²) in [6.07, 6.45) is 8.12. The number of aromatic nitrogens is 8. The van der Waals surface area contributed by atoms with Crippen LogP contribution in [0.15, 0.2) is 170 Å². The summed E-state index contributed by atoms with van der Waals surface area (Å²) < 4.78 is 62.0. The van der Waals surface area contributed by atoms with Crippen molar-refractivity contribution >= 4 is 0 Å². The molecule has 0 atom stereocenters. The smallest absolute Gasteiger partial charge is 0.268 e. The molecule has 0 unspecified atom stereocenters. The van der Waals surface area contributed by atoms with Gasteiger partial charge in [0.2, 0.25) is 0 Å². The second-order valence-electron chi connectivity index (χ2n) is 14.3. The zero-order valence-corrected chi connectivity index (χ0v) is 37.5. The van der Waals surface area contributed by atoms with Gasteiger partial charge in [-0.2, -0.15) is 24.3 Å². The quantitative estimate of drug-likeness (QED) is 0.0906. The summed E-state index contributed by atoms with van der Waals surface area (Å²) in [4.78, 5) is 8.19. The average Bonchev–Trinajstić information content (AvgIpc) is 4.03. The van der Waals surface area contributed by atoms with Crippen molar-refractivity contribution in [1.29, 1.82) is 0 Å². The molecule has 1 radical (unpaired) electrons. The van der Waals surface area contributed by atoms with Gasteiger partial charge in [0.25, 0.3) is 12.7 Å². The summed E-state index contributed by atoms with van der Waals surface area (Å²) in [6.45, 7) is 5.62. The molecule has 65 heavy (non-hydrogen) atoms. The second kappa shape index (κ2) is 20.7. The second-order valence-corrected chi connectivity index (χ2v) is 14.3. The van der Waals surface area contributed by atoms with E-state index in [1.807, 2.05) is 98.8 Å². The fourth-order valence-corrected chi connectivity index (χ4v) is 6.82. The van der Waals surface area contributed by atoms with Gasteiger partial charge in [-0.15, -0.1) is 24.3 Å². The number of rotatable bonds is 7. The van der Waals surface area contributed by atoms with E-state index in [0.29, 0.717) is 34.4 Å². The maximum Gasteiger partial charge on any atom is 0.268 e. The Balaban J connectivity index is 0.000000160. The van der Waals surface area contributed by atoms with Crippen LogP contribution in [0.2, 0.25) is 0 Å². The Morgan fingerprint density at radius 2 is 1.09 bits per heavy atom. The van der Waals surface area contributed by atoms with Crippen molar-refractivity contribution in [2.75, 3.05) is 0 Å². The first-order chi connectivity index (χ1) is 31.1. The molecule has 0 bridgehead atoms. The Morgan fingerprint density at radius 1 is 0.554 bits per heavy atom. The third-order valence-corrected chi connectivity index (χ3v) is 9.92. The molecule has 0 fully saturated rings.